The number of amides is 1. The van der Waals surface area contributed by atoms with Crippen LogP contribution in [0.1, 0.15) is 23.7 Å². The van der Waals surface area contributed by atoms with E-state index in [2.05, 4.69) is 15.5 Å². The predicted octanol–water partition coefficient (Wildman–Crippen LogP) is 2.31. The zero-order chi connectivity index (χ0) is 22.3. The summed E-state index contributed by atoms with van der Waals surface area (Å²) >= 11 is 0. The van der Waals surface area contributed by atoms with Crippen molar-refractivity contribution >= 4 is 15.7 Å². The van der Waals surface area contributed by atoms with Gasteiger partial charge in [0.05, 0.1) is 19.1 Å². The average Bonchev–Trinajstić information content (AvgIpc) is 3.23. The Morgan fingerprint density at radius 1 is 1.10 bits per heavy atom. The summed E-state index contributed by atoms with van der Waals surface area (Å²) in [4.78, 5) is 16.5. The lowest BCUT2D eigenvalue weighted by atomic mass is 10.2. The molecule has 0 atom stereocenters. The van der Waals surface area contributed by atoms with Crippen molar-refractivity contribution in [1.29, 1.82) is 0 Å². The van der Waals surface area contributed by atoms with E-state index >= 15 is 0 Å². The number of nitrogens with zero attached hydrogens (tertiary/aromatic N) is 2. The molecule has 2 aromatic carbocycles. The summed E-state index contributed by atoms with van der Waals surface area (Å²) < 4.78 is 40.3. The van der Waals surface area contributed by atoms with Gasteiger partial charge in [0.25, 0.3) is 0 Å². The van der Waals surface area contributed by atoms with E-state index in [0.29, 0.717) is 11.5 Å². The van der Waals surface area contributed by atoms with Crippen molar-refractivity contribution in [2.75, 3.05) is 14.2 Å². The number of nitrogens with one attached hydrogen (secondary N) is 1. The van der Waals surface area contributed by atoms with Crippen molar-refractivity contribution in [3.05, 3.63) is 65.8 Å². The molecule has 3 rings (SSSR count). The summed E-state index contributed by atoms with van der Waals surface area (Å²) in [5, 5.41) is 6.51. The third-order valence-corrected chi connectivity index (χ3v) is 6.09. The predicted molar refractivity (Wildman–Crippen MR) is 111 cm³/mol. The van der Waals surface area contributed by atoms with Crippen LogP contribution in [0.2, 0.25) is 0 Å². The monoisotopic (exact) mass is 445 g/mol. The molecule has 1 aromatic heterocycles. The molecule has 9 nitrogen and oxygen atoms in total. The third kappa shape index (κ3) is 6.05. The fourth-order valence-corrected chi connectivity index (χ4v) is 4.05. The summed E-state index contributed by atoms with van der Waals surface area (Å²) in [6.07, 6.45) is 0.304. The Kier molecular flexibility index (Phi) is 7.24. The molecule has 31 heavy (non-hydrogen) atoms. The molecule has 164 valence electrons. The van der Waals surface area contributed by atoms with Crippen LogP contribution in [-0.4, -0.2) is 38.7 Å². The SMILES string of the molecule is COc1ccc(OC)c(CNC(=O)CCc2nc(CS(=O)(=O)c3ccccc3)no2)c1. The van der Waals surface area contributed by atoms with Crippen LogP contribution in [0, 0.1) is 0 Å². The van der Waals surface area contributed by atoms with E-state index in [1.165, 1.54) is 12.1 Å². The number of ether oxygens (including phenoxy) is 2. The highest BCUT2D eigenvalue weighted by molar-refractivity contribution is 7.90. The zero-order valence-electron chi connectivity index (χ0n) is 17.2. The van der Waals surface area contributed by atoms with Crippen LogP contribution in [0.15, 0.2) is 57.9 Å². The van der Waals surface area contributed by atoms with Gasteiger partial charge in [0.1, 0.15) is 17.3 Å². The lowest BCUT2D eigenvalue weighted by molar-refractivity contribution is -0.121. The molecule has 0 aliphatic carbocycles. The summed E-state index contributed by atoms with van der Waals surface area (Å²) in [5.74, 6) is 0.966. The van der Waals surface area contributed by atoms with Gasteiger partial charge >= 0.3 is 0 Å². The van der Waals surface area contributed by atoms with Crippen LogP contribution in [0.5, 0.6) is 11.5 Å². The number of methoxy groups -OCH3 is 2. The number of sulfone groups is 1. The molecule has 0 bridgehead atoms. The van der Waals surface area contributed by atoms with E-state index in [1.807, 2.05) is 0 Å². The lowest BCUT2D eigenvalue weighted by Gasteiger charge is -2.11. The number of carbonyl (C=O) groups is 1. The van der Waals surface area contributed by atoms with Crippen molar-refractivity contribution in [1.82, 2.24) is 15.5 Å². The first-order valence-corrected chi connectivity index (χ1v) is 11.1. The molecular weight excluding hydrogens is 422 g/mol. The number of benzene rings is 2. The molecule has 1 N–H and O–H groups in total. The standard InChI is InChI=1S/C21H23N3O6S/c1-28-16-8-9-18(29-2)15(12-16)13-22-20(25)10-11-21-23-19(24-30-21)14-31(26,27)17-6-4-3-5-7-17/h3-9,12H,10-11,13-14H2,1-2H3,(H,22,25). The van der Waals surface area contributed by atoms with Crippen molar-refractivity contribution in [3.8, 4) is 11.5 Å². The first-order valence-electron chi connectivity index (χ1n) is 9.48. The van der Waals surface area contributed by atoms with Crippen molar-refractivity contribution in [3.63, 3.8) is 0 Å². The highest BCUT2D eigenvalue weighted by Gasteiger charge is 2.19. The molecular formula is C21H23N3O6S. The Balaban J connectivity index is 1.52. The number of rotatable bonds is 10. The van der Waals surface area contributed by atoms with E-state index in [4.69, 9.17) is 14.0 Å². The Morgan fingerprint density at radius 3 is 2.58 bits per heavy atom. The molecule has 0 spiro atoms. The Labute approximate surface area is 180 Å². The second-order valence-electron chi connectivity index (χ2n) is 6.63. The first-order chi connectivity index (χ1) is 14.9. The molecule has 3 aromatic rings. The van der Waals surface area contributed by atoms with Crippen LogP contribution in [0.3, 0.4) is 0 Å². The molecule has 0 radical (unpaired) electrons. The molecule has 0 aliphatic heterocycles. The van der Waals surface area contributed by atoms with Gasteiger partial charge in [0.2, 0.25) is 11.8 Å². The van der Waals surface area contributed by atoms with Crippen LogP contribution in [0.25, 0.3) is 0 Å². The van der Waals surface area contributed by atoms with Gasteiger partial charge in [-0.15, -0.1) is 0 Å². The lowest BCUT2D eigenvalue weighted by Crippen LogP contribution is -2.23. The van der Waals surface area contributed by atoms with E-state index in [1.54, 1.807) is 50.6 Å². The van der Waals surface area contributed by atoms with Crippen LogP contribution in [-0.2, 0) is 33.4 Å². The third-order valence-electron chi connectivity index (χ3n) is 4.46. The van der Waals surface area contributed by atoms with E-state index < -0.39 is 9.84 Å². The first kappa shape index (κ1) is 22.3. The Morgan fingerprint density at radius 2 is 1.87 bits per heavy atom. The van der Waals surface area contributed by atoms with Gasteiger partial charge in [-0.25, -0.2) is 8.42 Å². The Hall–Kier alpha value is -3.40. The maximum Gasteiger partial charge on any atom is 0.227 e. The van der Waals surface area contributed by atoms with Crippen LogP contribution in [0.4, 0.5) is 0 Å². The van der Waals surface area contributed by atoms with Gasteiger partial charge in [0.15, 0.2) is 15.7 Å². The number of aryl methyl sites for hydroxylation is 1. The van der Waals surface area contributed by atoms with Gasteiger partial charge in [-0.1, -0.05) is 23.4 Å². The van der Waals surface area contributed by atoms with Gasteiger partial charge in [-0.2, -0.15) is 4.98 Å². The van der Waals surface area contributed by atoms with Crippen LogP contribution < -0.4 is 14.8 Å². The zero-order valence-corrected chi connectivity index (χ0v) is 18.0. The number of hydrogen-bond donors (Lipinski definition) is 1. The van der Waals surface area contributed by atoms with E-state index in [0.717, 1.165) is 5.56 Å². The van der Waals surface area contributed by atoms with Gasteiger partial charge in [-0.05, 0) is 30.3 Å². The van der Waals surface area contributed by atoms with Crippen LogP contribution >= 0.6 is 0 Å². The topological polar surface area (TPSA) is 121 Å². The molecule has 0 unspecified atom stereocenters. The number of hydrogen-bond acceptors (Lipinski definition) is 8. The molecule has 1 amide bonds. The summed E-state index contributed by atoms with van der Waals surface area (Å²) in [5.41, 5.74) is 0.779. The summed E-state index contributed by atoms with van der Waals surface area (Å²) in [6.45, 7) is 0.267. The normalized spacial score (nSPS) is 11.2. The minimum Gasteiger partial charge on any atom is -0.497 e. The largest absolute Gasteiger partial charge is 0.497 e. The molecule has 10 heteroatoms. The van der Waals surface area contributed by atoms with Gasteiger partial charge in [0, 0.05) is 24.9 Å². The number of carbonyl (C=O) groups excluding carboxylic acids is 1. The maximum atomic E-state index is 12.4. The fraction of sp³-hybridized carbons (Fsp3) is 0.286. The van der Waals surface area contributed by atoms with Gasteiger partial charge < -0.3 is 19.3 Å². The van der Waals surface area contributed by atoms with Crippen molar-refractivity contribution < 1.29 is 27.2 Å². The molecule has 0 aliphatic rings. The second kappa shape index (κ2) is 10.1. The Bertz CT molecular complexity index is 1130. The minimum atomic E-state index is -3.57. The fourth-order valence-electron chi connectivity index (χ4n) is 2.85. The highest BCUT2D eigenvalue weighted by Crippen LogP contribution is 2.23. The average molecular weight is 445 g/mol. The van der Waals surface area contributed by atoms with Gasteiger partial charge in [-0.3, -0.25) is 4.79 Å². The van der Waals surface area contributed by atoms with Crippen molar-refractivity contribution in [2.45, 2.75) is 30.0 Å². The minimum absolute atomic E-state index is 0.0559. The summed E-state index contributed by atoms with van der Waals surface area (Å²) in [6, 6.07) is 13.4. The quantitative estimate of drug-likeness (QED) is 0.505. The number of aromatic nitrogens is 2. The van der Waals surface area contributed by atoms with E-state index in [-0.39, 0.29) is 47.7 Å². The highest BCUT2D eigenvalue weighted by atomic mass is 32.2. The van der Waals surface area contributed by atoms with Crippen molar-refractivity contribution in [2.24, 2.45) is 0 Å². The van der Waals surface area contributed by atoms with E-state index in [9.17, 15) is 13.2 Å². The maximum absolute atomic E-state index is 12.4. The smallest absolute Gasteiger partial charge is 0.227 e. The molecule has 0 saturated carbocycles. The summed E-state index contributed by atoms with van der Waals surface area (Å²) in [7, 11) is -0.452. The molecule has 1 heterocycles. The second-order valence-corrected chi connectivity index (χ2v) is 8.62. The molecule has 0 fully saturated rings. The molecule has 0 saturated heterocycles.